The Bertz CT molecular complexity index is 968. The Kier molecular flexibility index (Phi) is 8.77. The van der Waals surface area contributed by atoms with Crippen LogP contribution >= 0.6 is 35.3 Å². The monoisotopic (exact) mass is 552 g/mol. The number of nitrogens with zero attached hydrogens (tertiary/aromatic N) is 2. The number of rotatable bonds is 7. The number of benzene rings is 1. The third-order valence-electron chi connectivity index (χ3n) is 5.18. The fraction of sp³-hybridized carbons (Fsp3) is 0.391. The summed E-state index contributed by atoms with van der Waals surface area (Å²) >= 11 is 1.76. The zero-order chi connectivity index (χ0) is 20.8. The molecule has 1 unspecified atom stereocenters. The van der Waals surface area contributed by atoms with E-state index in [1.54, 1.807) is 17.6 Å². The van der Waals surface area contributed by atoms with Gasteiger partial charge in [0, 0.05) is 42.8 Å². The lowest BCUT2D eigenvalue weighted by atomic mass is 10.0. The molecule has 0 spiro atoms. The molecular weight excluding hydrogens is 523 g/mol. The van der Waals surface area contributed by atoms with Crippen molar-refractivity contribution in [3.8, 4) is 5.75 Å². The summed E-state index contributed by atoms with van der Waals surface area (Å²) in [7, 11) is 0. The second-order valence-electron chi connectivity index (χ2n) is 7.36. The number of hydrogen-bond donors (Lipinski definition) is 2. The number of nitrogens with one attached hydrogen (secondary N) is 2. The van der Waals surface area contributed by atoms with Crippen LogP contribution in [0.3, 0.4) is 0 Å². The molecule has 166 valence electrons. The number of ether oxygens (including phenoxy) is 1. The highest BCUT2D eigenvalue weighted by Crippen LogP contribution is 2.31. The van der Waals surface area contributed by atoms with Crippen molar-refractivity contribution in [2.24, 2.45) is 4.99 Å². The Balaban J connectivity index is 0.00000272. The molecule has 1 aliphatic rings. The van der Waals surface area contributed by atoms with Crippen molar-refractivity contribution in [2.45, 2.75) is 39.2 Å². The molecule has 0 aliphatic carbocycles. The Labute approximate surface area is 204 Å². The maximum atomic E-state index is 5.80. The third-order valence-corrected chi connectivity index (χ3v) is 6.31. The maximum absolute atomic E-state index is 5.80. The molecule has 3 heterocycles. The Morgan fingerprint density at radius 2 is 2.06 bits per heavy atom. The van der Waals surface area contributed by atoms with Gasteiger partial charge in [-0.25, -0.2) is 4.98 Å². The summed E-state index contributed by atoms with van der Waals surface area (Å²) in [6.45, 7) is 6.31. The van der Waals surface area contributed by atoms with Crippen molar-refractivity contribution < 1.29 is 9.15 Å². The van der Waals surface area contributed by atoms with Gasteiger partial charge in [0.15, 0.2) is 5.96 Å². The minimum absolute atomic E-state index is 0. The van der Waals surface area contributed by atoms with Crippen LogP contribution in [0.5, 0.6) is 5.75 Å². The number of furan rings is 1. The summed E-state index contributed by atoms with van der Waals surface area (Å²) in [5, 5.41) is 8.21. The first-order chi connectivity index (χ1) is 14.7. The normalized spacial score (nSPS) is 15.5. The number of para-hydroxylation sites is 1. The van der Waals surface area contributed by atoms with Gasteiger partial charge in [-0.05, 0) is 32.0 Å². The van der Waals surface area contributed by atoms with E-state index in [4.69, 9.17) is 14.1 Å². The predicted octanol–water partition coefficient (Wildman–Crippen LogP) is 4.82. The summed E-state index contributed by atoms with van der Waals surface area (Å²) in [5.74, 6) is 2.73. The van der Waals surface area contributed by atoms with E-state index in [1.807, 2.05) is 24.3 Å². The molecule has 2 N–H and O–H groups in total. The topological polar surface area (TPSA) is 71.7 Å². The van der Waals surface area contributed by atoms with Crippen molar-refractivity contribution in [2.75, 3.05) is 19.7 Å². The lowest BCUT2D eigenvalue weighted by molar-refractivity contribution is 0.261. The molecule has 4 rings (SSSR count). The molecule has 8 heteroatoms. The molecule has 2 aromatic heterocycles. The molecule has 31 heavy (non-hydrogen) atoms. The maximum Gasteiger partial charge on any atom is 0.191 e. The van der Waals surface area contributed by atoms with E-state index < -0.39 is 0 Å². The number of aromatic nitrogens is 1. The highest BCUT2D eigenvalue weighted by molar-refractivity contribution is 14.0. The van der Waals surface area contributed by atoms with Crippen molar-refractivity contribution in [1.82, 2.24) is 15.6 Å². The number of guanidine groups is 1. The van der Waals surface area contributed by atoms with Gasteiger partial charge >= 0.3 is 0 Å². The van der Waals surface area contributed by atoms with Crippen LogP contribution in [0.25, 0.3) is 0 Å². The number of thiazole rings is 1. The molecule has 0 saturated carbocycles. The van der Waals surface area contributed by atoms with Crippen molar-refractivity contribution in [1.29, 1.82) is 0 Å². The second kappa shape index (κ2) is 11.5. The van der Waals surface area contributed by atoms with Crippen molar-refractivity contribution in [3.05, 3.63) is 69.6 Å². The summed E-state index contributed by atoms with van der Waals surface area (Å²) in [4.78, 5) is 10.7. The Hall–Kier alpha value is -2.07. The van der Waals surface area contributed by atoms with Gasteiger partial charge in [0.1, 0.15) is 11.5 Å². The standard InChI is InChI=1S/C23H28N4O2S.HI/c1-16-17(2)30-22(26-16)10-13-25-23(24-12-9-18-6-5-14-28-18)27-20-11-15-29-21-8-4-3-7-19(20)21;/h3-8,14,20H,9-13,15H2,1-2H3,(H2,24,25,27);1H. The number of fused-ring (bicyclic) bond motifs is 1. The molecule has 3 aromatic rings. The summed E-state index contributed by atoms with van der Waals surface area (Å²) in [6.07, 6.45) is 4.26. The van der Waals surface area contributed by atoms with Crippen LogP contribution in [-0.2, 0) is 12.8 Å². The van der Waals surface area contributed by atoms with E-state index in [2.05, 4.69) is 41.6 Å². The predicted molar refractivity (Wildman–Crippen MR) is 136 cm³/mol. The van der Waals surface area contributed by atoms with Gasteiger partial charge in [-0.2, -0.15) is 0 Å². The molecule has 1 aromatic carbocycles. The largest absolute Gasteiger partial charge is 0.493 e. The van der Waals surface area contributed by atoms with Crippen LogP contribution in [0.15, 0.2) is 52.1 Å². The molecule has 6 nitrogen and oxygen atoms in total. The van der Waals surface area contributed by atoms with Crippen LogP contribution in [-0.4, -0.2) is 30.6 Å². The summed E-state index contributed by atoms with van der Waals surface area (Å²) in [5.41, 5.74) is 2.29. The van der Waals surface area contributed by atoms with E-state index in [0.29, 0.717) is 13.2 Å². The molecule has 1 aliphatic heterocycles. The molecule has 0 bridgehead atoms. The van der Waals surface area contributed by atoms with Crippen molar-refractivity contribution in [3.63, 3.8) is 0 Å². The molecule has 0 amide bonds. The van der Waals surface area contributed by atoms with Gasteiger partial charge in [-0.15, -0.1) is 35.3 Å². The van der Waals surface area contributed by atoms with E-state index >= 15 is 0 Å². The zero-order valence-electron chi connectivity index (χ0n) is 17.9. The van der Waals surface area contributed by atoms with Crippen molar-refractivity contribution >= 4 is 41.3 Å². The van der Waals surface area contributed by atoms with Crippen LogP contribution in [0.2, 0.25) is 0 Å². The fourth-order valence-corrected chi connectivity index (χ4v) is 4.40. The van der Waals surface area contributed by atoms with E-state index in [0.717, 1.165) is 54.0 Å². The fourth-order valence-electron chi connectivity index (χ4n) is 3.48. The Morgan fingerprint density at radius 1 is 1.19 bits per heavy atom. The number of halogens is 1. The quantitative estimate of drug-likeness (QED) is 0.250. The van der Waals surface area contributed by atoms with E-state index in [1.165, 1.54) is 10.4 Å². The van der Waals surface area contributed by atoms with Gasteiger partial charge in [0.2, 0.25) is 0 Å². The smallest absolute Gasteiger partial charge is 0.191 e. The average Bonchev–Trinajstić information content (AvgIpc) is 3.38. The van der Waals surface area contributed by atoms with Crippen LogP contribution in [0.1, 0.15) is 39.4 Å². The number of aliphatic imine (C=N–C) groups is 1. The lowest BCUT2D eigenvalue weighted by Gasteiger charge is -2.28. The molecule has 1 atom stereocenters. The number of hydrogen-bond acceptors (Lipinski definition) is 5. The van der Waals surface area contributed by atoms with Crippen LogP contribution in [0.4, 0.5) is 0 Å². The van der Waals surface area contributed by atoms with Gasteiger partial charge < -0.3 is 19.8 Å². The first-order valence-corrected chi connectivity index (χ1v) is 11.2. The van der Waals surface area contributed by atoms with E-state index in [9.17, 15) is 0 Å². The first kappa shape index (κ1) is 23.6. The molecular formula is C23H29IN4O2S. The van der Waals surface area contributed by atoms with Crippen LogP contribution < -0.4 is 15.4 Å². The zero-order valence-corrected chi connectivity index (χ0v) is 21.0. The van der Waals surface area contributed by atoms with Gasteiger partial charge in [0.25, 0.3) is 0 Å². The SMILES string of the molecule is Cc1nc(CCN=C(NCCc2ccco2)NC2CCOc3ccccc32)sc1C.I. The van der Waals surface area contributed by atoms with Gasteiger partial charge in [-0.1, -0.05) is 18.2 Å². The summed E-state index contributed by atoms with van der Waals surface area (Å²) < 4.78 is 11.2. The highest BCUT2D eigenvalue weighted by Gasteiger charge is 2.21. The van der Waals surface area contributed by atoms with E-state index in [-0.39, 0.29) is 30.0 Å². The second-order valence-corrected chi connectivity index (χ2v) is 8.65. The minimum atomic E-state index is 0. The third kappa shape index (κ3) is 6.46. The molecule has 0 saturated heterocycles. The molecule has 0 fully saturated rings. The molecule has 0 radical (unpaired) electrons. The lowest BCUT2D eigenvalue weighted by Crippen LogP contribution is -2.42. The minimum Gasteiger partial charge on any atom is -0.493 e. The van der Waals surface area contributed by atoms with Crippen LogP contribution in [0, 0.1) is 13.8 Å². The average molecular weight is 552 g/mol. The summed E-state index contributed by atoms with van der Waals surface area (Å²) in [6, 6.07) is 12.3. The first-order valence-electron chi connectivity index (χ1n) is 10.4. The number of aryl methyl sites for hydroxylation is 2. The van der Waals surface area contributed by atoms with Gasteiger partial charge in [0.05, 0.1) is 29.6 Å². The highest BCUT2D eigenvalue weighted by atomic mass is 127. The van der Waals surface area contributed by atoms with Gasteiger partial charge in [-0.3, -0.25) is 4.99 Å². The Morgan fingerprint density at radius 3 is 2.84 bits per heavy atom.